The molecule has 0 aliphatic heterocycles. The van der Waals surface area contributed by atoms with Gasteiger partial charge in [0, 0.05) is 37.6 Å². The van der Waals surface area contributed by atoms with Gasteiger partial charge in [-0.05, 0) is 30.7 Å². The molecule has 0 aliphatic rings. The van der Waals surface area contributed by atoms with E-state index in [9.17, 15) is 4.79 Å². The lowest BCUT2D eigenvalue weighted by atomic mass is 10.1. The summed E-state index contributed by atoms with van der Waals surface area (Å²) in [5, 5.41) is 10.2. The lowest BCUT2D eigenvalue weighted by molar-refractivity contribution is 0.0934. The van der Waals surface area contributed by atoms with Gasteiger partial charge in [0.1, 0.15) is 5.82 Å². The largest absolute Gasteiger partial charge is 0.373 e. The van der Waals surface area contributed by atoms with Crippen LogP contribution in [0.4, 0.5) is 5.82 Å². The molecule has 7 nitrogen and oxygen atoms in total. The molecule has 3 rings (SSSR count). The maximum absolute atomic E-state index is 12.7. The van der Waals surface area contributed by atoms with Gasteiger partial charge in [-0.1, -0.05) is 19.1 Å². The van der Waals surface area contributed by atoms with Crippen LogP contribution >= 0.6 is 0 Å². The number of carbonyl (C=O) groups excluding carboxylic acids is 1. The Morgan fingerprint density at radius 2 is 2.08 bits per heavy atom. The fourth-order valence-corrected chi connectivity index (χ4v) is 2.79. The second kappa shape index (κ2) is 7.77. The Labute approximate surface area is 152 Å². The summed E-state index contributed by atoms with van der Waals surface area (Å²) in [6, 6.07) is 10.9. The zero-order chi connectivity index (χ0) is 18.5. The Kier molecular flexibility index (Phi) is 5.26. The molecule has 3 aromatic rings. The predicted molar refractivity (Wildman–Crippen MR) is 101 cm³/mol. The zero-order valence-corrected chi connectivity index (χ0v) is 15.1. The fraction of sp³-hybridized carbons (Fsp3) is 0.263. The van der Waals surface area contributed by atoms with Gasteiger partial charge in [-0.3, -0.25) is 9.48 Å². The minimum atomic E-state index is -0.135. The van der Waals surface area contributed by atoms with Crippen molar-refractivity contribution >= 4 is 11.7 Å². The lowest BCUT2D eigenvalue weighted by Crippen LogP contribution is -2.29. The maximum atomic E-state index is 12.7. The van der Waals surface area contributed by atoms with Crippen molar-refractivity contribution in [2.75, 3.05) is 12.4 Å². The summed E-state index contributed by atoms with van der Waals surface area (Å²) in [6.07, 6.45) is 4.20. The van der Waals surface area contributed by atoms with Crippen molar-refractivity contribution in [1.82, 2.24) is 25.1 Å². The molecule has 1 aromatic carbocycles. The average molecular weight is 350 g/mol. The SMILES string of the molecule is CC[C@@H](NC(=O)c1cccc(-c2nccc(NC)n2)c1)c1ccnn1C. The highest BCUT2D eigenvalue weighted by Gasteiger charge is 2.17. The van der Waals surface area contributed by atoms with E-state index in [2.05, 4.69) is 25.7 Å². The quantitative estimate of drug-likeness (QED) is 0.714. The summed E-state index contributed by atoms with van der Waals surface area (Å²) in [5.41, 5.74) is 2.34. The van der Waals surface area contributed by atoms with Crippen molar-refractivity contribution in [3.63, 3.8) is 0 Å². The number of carbonyl (C=O) groups is 1. The van der Waals surface area contributed by atoms with Crippen molar-refractivity contribution in [1.29, 1.82) is 0 Å². The van der Waals surface area contributed by atoms with E-state index in [4.69, 9.17) is 0 Å². The van der Waals surface area contributed by atoms with E-state index in [1.54, 1.807) is 42.3 Å². The van der Waals surface area contributed by atoms with Crippen LogP contribution in [0.25, 0.3) is 11.4 Å². The standard InChI is InChI=1S/C19H22N6O/c1-4-15(16-8-11-22-25(16)3)23-19(26)14-7-5-6-13(12-14)18-21-10-9-17(20-2)24-18/h5-12,15H,4H2,1-3H3,(H,23,26)(H,20,21,24)/t15-/m1/s1. The third kappa shape index (κ3) is 3.72. The number of aryl methyl sites for hydroxylation is 1. The number of anilines is 1. The highest BCUT2D eigenvalue weighted by molar-refractivity contribution is 5.95. The normalized spacial score (nSPS) is 11.8. The van der Waals surface area contributed by atoms with Gasteiger partial charge in [0.15, 0.2) is 5.82 Å². The Morgan fingerprint density at radius 1 is 1.23 bits per heavy atom. The second-order valence-corrected chi connectivity index (χ2v) is 5.91. The number of hydrogen-bond donors (Lipinski definition) is 2. The first-order valence-electron chi connectivity index (χ1n) is 8.52. The predicted octanol–water partition coefficient (Wildman–Crippen LogP) is 2.80. The van der Waals surface area contributed by atoms with Crippen molar-refractivity contribution in [2.24, 2.45) is 7.05 Å². The second-order valence-electron chi connectivity index (χ2n) is 5.91. The first-order valence-corrected chi connectivity index (χ1v) is 8.52. The summed E-state index contributed by atoms with van der Waals surface area (Å²) in [6.45, 7) is 2.03. The summed E-state index contributed by atoms with van der Waals surface area (Å²) in [5.74, 6) is 1.17. The molecule has 0 bridgehead atoms. The van der Waals surface area contributed by atoms with Gasteiger partial charge >= 0.3 is 0 Å². The molecule has 0 spiro atoms. The van der Waals surface area contributed by atoms with Crippen LogP contribution in [0.3, 0.4) is 0 Å². The number of rotatable bonds is 6. The summed E-state index contributed by atoms with van der Waals surface area (Å²) in [4.78, 5) is 21.5. The van der Waals surface area contributed by atoms with Gasteiger partial charge in [-0.25, -0.2) is 9.97 Å². The first-order chi connectivity index (χ1) is 12.6. The fourth-order valence-electron chi connectivity index (χ4n) is 2.79. The number of hydrogen-bond acceptors (Lipinski definition) is 5. The van der Waals surface area contributed by atoms with E-state index in [0.717, 1.165) is 23.5 Å². The summed E-state index contributed by atoms with van der Waals surface area (Å²) >= 11 is 0. The Bertz CT molecular complexity index is 904. The molecule has 2 heterocycles. The maximum Gasteiger partial charge on any atom is 0.251 e. The minimum absolute atomic E-state index is 0.0949. The smallest absolute Gasteiger partial charge is 0.251 e. The third-order valence-electron chi connectivity index (χ3n) is 4.22. The molecule has 1 amide bonds. The third-order valence-corrected chi connectivity index (χ3v) is 4.22. The Hall–Kier alpha value is -3.22. The van der Waals surface area contributed by atoms with E-state index in [1.807, 2.05) is 32.2 Å². The van der Waals surface area contributed by atoms with Gasteiger partial charge in [-0.15, -0.1) is 0 Å². The van der Waals surface area contributed by atoms with Crippen molar-refractivity contribution in [2.45, 2.75) is 19.4 Å². The van der Waals surface area contributed by atoms with E-state index in [1.165, 1.54) is 0 Å². The van der Waals surface area contributed by atoms with Crippen molar-refractivity contribution in [3.8, 4) is 11.4 Å². The molecule has 0 aliphatic carbocycles. The molecule has 26 heavy (non-hydrogen) atoms. The summed E-state index contributed by atoms with van der Waals surface area (Å²) in [7, 11) is 3.68. The molecule has 0 radical (unpaired) electrons. The van der Waals surface area contributed by atoms with E-state index in [-0.39, 0.29) is 11.9 Å². The minimum Gasteiger partial charge on any atom is -0.373 e. The molecule has 0 saturated heterocycles. The highest BCUT2D eigenvalue weighted by Crippen LogP contribution is 2.20. The number of amides is 1. The lowest BCUT2D eigenvalue weighted by Gasteiger charge is -2.17. The van der Waals surface area contributed by atoms with Gasteiger partial charge in [0.25, 0.3) is 5.91 Å². The van der Waals surface area contributed by atoms with Crippen LogP contribution < -0.4 is 10.6 Å². The molecular formula is C19H22N6O. The zero-order valence-electron chi connectivity index (χ0n) is 15.1. The molecule has 0 saturated carbocycles. The molecule has 0 unspecified atom stereocenters. The van der Waals surface area contributed by atoms with Crippen LogP contribution in [0.15, 0.2) is 48.8 Å². The monoisotopic (exact) mass is 350 g/mol. The van der Waals surface area contributed by atoms with Crippen molar-refractivity contribution < 1.29 is 4.79 Å². The van der Waals surface area contributed by atoms with Gasteiger partial charge in [0.2, 0.25) is 0 Å². The Balaban J connectivity index is 1.83. The molecule has 134 valence electrons. The molecule has 0 fully saturated rings. The van der Waals surface area contributed by atoms with Crippen LogP contribution in [0.2, 0.25) is 0 Å². The number of nitrogens with one attached hydrogen (secondary N) is 2. The number of nitrogens with zero attached hydrogens (tertiary/aromatic N) is 4. The molecule has 1 atom stereocenters. The molecule has 2 aromatic heterocycles. The topological polar surface area (TPSA) is 84.7 Å². The summed E-state index contributed by atoms with van der Waals surface area (Å²) < 4.78 is 1.78. The number of aromatic nitrogens is 4. The Morgan fingerprint density at radius 3 is 2.77 bits per heavy atom. The highest BCUT2D eigenvalue weighted by atomic mass is 16.1. The van der Waals surface area contributed by atoms with Crippen LogP contribution in [-0.2, 0) is 7.05 Å². The van der Waals surface area contributed by atoms with Crippen molar-refractivity contribution in [3.05, 3.63) is 60.0 Å². The molecule has 2 N–H and O–H groups in total. The number of benzene rings is 1. The van der Waals surface area contributed by atoms with Crippen LogP contribution in [0.1, 0.15) is 35.4 Å². The van der Waals surface area contributed by atoms with Crippen LogP contribution in [0.5, 0.6) is 0 Å². The molecule has 7 heteroatoms. The van der Waals surface area contributed by atoms with Gasteiger partial charge in [0.05, 0.1) is 11.7 Å². The van der Waals surface area contributed by atoms with E-state index < -0.39 is 0 Å². The van der Waals surface area contributed by atoms with E-state index in [0.29, 0.717) is 11.4 Å². The van der Waals surface area contributed by atoms with E-state index >= 15 is 0 Å². The first kappa shape index (κ1) is 17.6. The molecular weight excluding hydrogens is 328 g/mol. The average Bonchev–Trinajstić information content (AvgIpc) is 3.11. The van der Waals surface area contributed by atoms with Crippen LogP contribution in [-0.4, -0.2) is 32.7 Å². The van der Waals surface area contributed by atoms with Gasteiger partial charge in [-0.2, -0.15) is 5.10 Å². The van der Waals surface area contributed by atoms with Crippen LogP contribution in [0, 0.1) is 0 Å². The van der Waals surface area contributed by atoms with Gasteiger partial charge < -0.3 is 10.6 Å².